The van der Waals surface area contributed by atoms with E-state index in [1.165, 1.54) is 7.11 Å². The first kappa shape index (κ1) is 22.8. The Balaban J connectivity index is 1.37. The third kappa shape index (κ3) is 5.34. The summed E-state index contributed by atoms with van der Waals surface area (Å²) < 4.78 is 10.4. The minimum Gasteiger partial charge on any atom is -0.479 e. The molecule has 1 unspecified atom stereocenters. The number of carboxylic acid groups (broad SMARTS) is 1. The number of methoxy groups -OCH3 is 1. The van der Waals surface area contributed by atoms with Gasteiger partial charge in [0, 0.05) is 13.0 Å². The number of alkyl carbamates (subject to hydrolysis) is 1. The van der Waals surface area contributed by atoms with Crippen LogP contribution in [0.2, 0.25) is 0 Å². The molecule has 174 valence electrons. The van der Waals surface area contributed by atoms with Crippen LogP contribution in [0, 0.1) is 5.92 Å². The maximum Gasteiger partial charge on any atom is 0.407 e. The third-order valence-electron chi connectivity index (χ3n) is 6.24. The number of ether oxygens (including phenoxy) is 2. The highest BCUT2D eigenvalue weighted by molar-refractivity contribution is 5.86. The second-order valence-electron chi connectivity index (χ2n) is 8.51. The zero-order valence-corrected chi connectivity index (χ0v) is 18.5. The van der Waals surface area contributed by atoms with E-state index < -0.39 is 30.1 Å². The summed E-state index contributed by atoms with van der Waals surface area (Å²) in [6.07, 6.45) is 0.683. The molecule has 0 aliphatic heterocycles. The normalized spacial score (nSPS) is 16.3. The van der Waals surface area contributed by atoms with Gasteiger partial charge in [-0.1, -0.05) is 61.4 Å². The van der Waals surface area contributed by atoms with Gasteiger partial charge in [0.25, 0.3) is 0 Å². The number of hydrogen-bond acceptors (Lipinski definition) is 5. The number of rotatable bonds is 10. The lowest BCUT2D eigenvalue weighted by molar-refractivity contribution is -0.148. The van der Waals surface area contributed by atoms with Gasteiger partial charge in [-0.15, -0.1) is 0 Å². The molecule has 2 aromatic rings. The summed E-state index contributed by atoms with van der Waals surface area (Å²) in [5, 5.41) is 14.3. The molecule has 8 nitrogen and oxygen atoms in total. The van der Waals surface area contributed by atoms with Crippen molar-refractivity contribution in [3.8, 4) is 11.1 Å². The molecule has 2 aliphatic rings. The van der Waals surface area contributed by atoms with E-state index in [1.807, 2.05) is 36.4 Å². The number of carboxylic acids is 1. The molecule has 0 heterocycles. The van der Waals surface area contributed by atoms with Crippen molar-refractivity contribution in [2.24, 2.45) is 5.92 Å². The van der Waals surface area contributed by atoms with Crippen LogP contribution in [-0.4, -0.2) is 55.5 Å². The topological polar surface area (TPSA) is 114 Å². The van der Waals surface area contributed by atoms with E-state index in [0.29, 0.717) is 12.3 Å². The predicted octanol–water partition coefficient (Wildman–Crippen LogP) is 2.91. The van der Waals surface area contributed by atoms with Gasteiger partial charge in [0.05, 0.1) is 6.54 Å². The van der Waals surface area contributed by atoms with Gasteiger partial charge in [0.15, 0.2) is 6.10 Å². The lowest BCUT2D eigenvalue weighted by Gasteiger charge is -2.20. The maximum atomic E-state index is 12.6. The number of carbonyl (C=O) groups is 3. The molecule has 0 spiro atoms. The fraction of sp³-hybridized carbons (Fsp3) is 0.400. The van der Waals surface area contributed by atoms with Crippen molar-refractivity contribution >= 4 is 18.0 Å². The van der Waals surface area contributed by atoms with E-state index in [-0.39, 0.29) is 19.1 Å². The van der Waals surface area contributed by atoms with Crippen molar-refractivity contribution in [3.05, 3.63) is 59.7 Å². The van der Waals surface area contributed by atoms with E-state index in [4.69, 9.17) is 14.6 Å². The predicted molar refractivity (Wildman–Crippen MR) is 121 cm³/mol. The monoisotopic (exact) mass is 452 g/mol. The van der Waals surface area contributed by atoms with Gasteiger partial charge < -0.3 is 25.2 Å². The summed E-state index contributed by atoms with van der Waals surface area (Å²) in [6, 6.07) is 15.3. The Labute approximate surface area is 192 Å². The Morgan fingerprint density at radius 3 is 2.18 bits per heavy atom. The van der Waals surface area contributed by atoms with Crippen LogP contribution in [-0.2, 0) is 19.1 Å². The van der Waals surface area contributed by atoms with Crippen LogP contribution in [0.4, 0.5) is 4.79 Å². The van der Waals surface area contributed by atoms with Crippen LogP contribution in [0.3, 0.4) is 0 Å². The number of aliphatic carboxylic acids is 1. The van der Waals surface area contributed by atoms with Gasteiger partial charge in [-0.2, -0.15) is 0 Å². The average Bonchev–Trinajstić information content (AvgIpc) is 3.58. The molecule has 2 aliphatic carbocycles. The van der Waals surface area contributed by atoms with Crippen LogP contribution >= 0.6 is 0 Å². The Bertz CT molecular complexity index is 990. The van der Waals surface area contributed by atoms with Crippen LogP contribution in [0.25, 0.3) is 11.1 Å². The zero-order valence-electron chi connectivity index (χ0n) is 18.5. The highest BCUT2D eigenvalue weighted by atomic mass is 16.5. The highest BCUT2D eigenvalue weighted by Crippen LogP contribution is 2.44. The number of benzene rings is 2. The number of nitrogens with one attached hydrogen (secondary N) is 2. The quantitative estimate of drug-likeness (QED) is 0.511. The maximum absolute atomic E-state index is 12.6. The fourth-order valence-electron chi connectivity index (χ4n) is 4.29. The second-order valence-corrected chi connectivity index (χ2v) is 8.51. The molecule has 2 aromatic carbocycles. The first-order valence-electron chi connectivity index (χ1n) is 11.1. The molecule has 1 fully saturated rings. The highest BCUT2D eigenvalue weighted by Gasteiger charge is 2.33. The molecule has 4 rings (SSSR count). The summed E-state index contributed by atoms with van der Waals surface area (Å²) in [4.78, 5) is 36.4. The number of fused-ring (bicyclic) bond motifs is 3. The SMILES string of the molecule is COC(CNC(=O)[C@H](CC1CC1)NC(=O)OCC1c2ccccc2-c2ccccc21)C(=O)O. The van der Waals surface area contributed by atoms with Crippen LogP contribution in [0.1, 0.15) is 36.3 Å². The summed E-state index contributed by atoms with van der Waals surface area (Å²) in [6.45, 7) is -0.0272. The standard InChI is InChI=1S/C25H28N2O6/c1-32-22(24(29)30)13-26-23(28)21(12-15-10-11-15)27-25(31)33-14-20-18-8-4-2-6-16(18)17-7-3-5-9-19(17)20/h2-9,15,20-22H,10-14H2,1H3,(H,26,28)(H,27,31)(H,29,30)/t21-,22?/m0/s1. The smallest absolute Gasteiger partial charge is 0.407 e. The number of carbonyl (C=O) groups excluding carboxylic acids is 2. The molecule has 2 atom stereocenters. The first-order chi connectivity index (χ1) is 16.0. The van der Waals surface area contributed by atoms with E-state index in [9.17, 15) is 14.4 Å². The molecule has 0 saturated heterocycles. The van der Waals surface area contributed by atoms with Crippen molar-refractivity contribution in [2.45, 2.75) is 37.3 Å². The van der Waals surface area contributed by atoms with Gasteiger partial charge >= 0.3 is 12.1 Å². The minimum atomic E-state index is -1.17. The molecule has 8 heteroatoms. The first-order valence-corrected chi connectivity index (χ1v) is 11.1. The van der Waals surface area contributed by atoms with Crippen molar-refractivity contribution in [1.82, 2.24) is 10.6 Å². The van der Waals surface area contributed by atoms with Gasteiger partial charge in [-0.05, 0) is 34.6 Å². The Morgan fingerprint density at radius 2 is 1.64 bits per heavy atom. The van der Waals surface area contributed by atoms with Gasteiger partial charge in [0.1, 0.15) is 12.6 Å². The molecule has 0 aromatic heterocycles. The molecular weight excluding hydrogens is 424 g/mol. The van der Waals surface area contributed by atoms with E-state index in [0.717, 1.165) is 35.1 Å². The van der Waals surface area contributed by atoms with E-state index in [2.05, 4.69) is 22.8 Å². The van der Waals surface area contributed by atoms with Crippen LogP contribution in [0.15, 0.2) is 48.5 Å². The van der Waals surface area contributed by atoms with E-state index >= 15 is 0 Å². The van der Waals surface area contributed by atoms with Crippen molar-refractivity contribution < 1.29 is 29.0 Å². The third-order valence-corrected chi connectivity index (χ3v) is 6.24. The Hall–Kier alpha value is -3.39. The summed E-state index contributed by atoms with van der Waals surface area (Å²) >= 11 is 0. The summed E-state index contributed by atoms with van der Waals surface area (Å²) in [5.74, 6) is -1.32. The summed E-state index contributed by atoms with van der Waals surface area (Å²) in [5.41, 5.74) is 4.49. The van der Waals surface area contributed by atoms with Crippen molar-refractivity contribution in [1.29, 1.82) is 0 Å². The average molecular weight is 453 g/mol. The lowest BCUT2D eigenvalue weighted by Crippen LogP contribution is -2.49. The van der Waals surface area contributed by atoms with Crippen molar-refractivity contribution in [3.63, 3.8) is 0 Å². The number of amides is 2. The molecule has 0 bridgehead atoms. The van der Waals surface area contributed by atoms with Gasteiger partial charge in [0.2, 0.25) is 5.91 Å². The molecule has 0 radical (unpaired) electrons. The molecule has 33 heavy (non-hydrogen) atoms. The Kier molecular flexibility index (Phi) is 6.93. The molecule has 1 saturated carbocycles. The Morgan fingerprint density at radius 1 is 1.03 bits per heavy atom. The lowest BCUT2D eigenvalue weighted by atomic mass is 9.98. The molecule has 2 amide bonds. The largest absolute Gasteiger partial charge is 0.479 e. The minimum absolute atomic E-state index is 0.0723. The zero-order chi connectivity index (χ0) is 23.4. The van der Waals surface area contributed by atoms with Crippen LogP contribution < -0.4 is 10.6 Å². The molecule has 3 N–H and O–H groups in total. The van der Waals surface area contributed by atoms with E-state index in [1.54, 1.807) is 0 Å². The number of hydrogen-bond donors (Lipinski definition) is 3. The fourth-order valence-corrected chi connectivity index (χ4v) is 4.29. The summed E-state index contributed by atoms with van der Waals surface area (Å²) in [7, 11) is 1.27. The van der Waals surface area contributed by atoms with Crippen molar-refractivity contribution in [2.75, 3.05) is 20.3 Å². The van der Waals surface area contributed by atoms with Gasteiger partial charge in [-0.25, -0.2) is 9.59 Å². The van der Waals surface area contributed by atoms with Crippen LogP contribution in [0.5, 0.6) is 0 Å². The van der Waals surface area contributed by atoms with Gasteiger partial charge in [-0.3, -0.25) is 4.79 Å². The molecular formula is C25H28N2O6. The second kappa shape index (κ2) is 10.0.